The summed E-state index contributed by atoms with van der Waals surface area (Å²) in [6.07, 6.45) is -4.93. The van der Waals surface area contributed by atoms with E-state index in [1.807, 2.05) is 0 Å². The van der Waals surface area contributed by atoms with Gasteiger partial charge in [-0.25, -0.2) is 4.79 Å². The number of nitrogens with zero attached hydrogens (tertiary/aromatic N) is 1. The molecule has 142 valence electrons. The first-order chi connectivity index (χ1) is 12.6. The standard InChI is InChI=1S/C17H13F3N2O5/c18-17(19,20)12-7-5-10(6-8-12)15(23)21-13(16(24)25)9-11-3-1-2-4-14(11)22(26)27/h1-8,13H,9H2,(H,21,23)(H,24,25)/t13-/m0/s1. The monoisotopic (exact) mass is 382 g/mol. The van der Waals surface area contributed by atoms with E-state index in [0.29, 0.717) is 12.1 Å². The summed E-state index contributed by atoms with van der Waals surface area (Å²) in [5.74, 6) is -2.34. The summed E-state index contributed by atoms with van der Waals surface area (Å²) in [6, 6.07) is 7.20. The van der Waals surface area contributed by atoms with E-state index in [2.05, 4.69) is 5.32 Å². The number of carbonyl (C=O) groups excluding carboxylic acids is 1. The SMILES string of the molecule is O=C(N[C@@H](Cc1ccccc1[N+](=O)[O-])C(=O)O)c1ccc(C(F)(F)F)cc1. The Morgan fingerprint density at radius 3 is 2.22 bits per heavy atom. The molecule has 0 heterocycles. The van der Waals surface area contributed by atoms with Crippen molar-refractivity contribution in [1.29, 1.82) is 0 Å². The lowest BCUT2D eigenvalue weighted by Gasteiger charge is -2.15. The van der Waals surface area contributed by atoms with Gasteiger partial charge in [0.05, 0.1) is 10.5 Å². The van der Waals surface area contributed by atoms with Crippen LogP contribution in [0.5, 0.6) is 0 Å². The minimum absolute atomic E-state index is 0.0996. The zero-order valence-corrected chi connectivity index (χ0v) is 13.6. The average molecular weight is 382 g/mol. The molecule has 2 N–H and O–H groups in total. The highest BCUT2D eigenvalue weighted by molar-refractivity contribution is 5.96. The number of para-hydroxylation sites is 1. The summed E-state index contributed by atoms with van der Waals surface area (Å²) in [4.78, 5) is 33.9. The highest BCUT2D eigenvalue weighted by atomic mass is 19.4. The Morgan fingerprint density at radius 1 is 1.11 bits per heavy atom. The second-order valence-corrected chi connectivity index (χ2v) is 5.53. The molecule has 0 saturated heterocycles. The molecule has 0 spiro atoms. The van der Waals surface area contributed by atoms with Gasteiger partial charge in [0, 0.05) is 23.6 Å². The Balaban J connectivity index is 2.18. The second kappa shape index (κ2) is 7.85. The fraction of sp³-hybridized carbons (Fsp3) is 0.176. The maximum absolute atomic E-state index is 12.5. The Morgan fingerprint density at radius 2 is 1.70 bits per heavy atom. The van der Waals surface area contributed by atoms with Crippen LogP contribution in [0, 0.1) is 10.1 Å². The minimum Gasteiger partial charge on any atom is -0.480 e. The van der Waals surface area contributed by atoms with Crippen LogP contribution in [-0.2, 0) is 17.4 Å². The van der Waals surface area contributed by atoms with Gasteiger partial charge in [-0.05, 0) is 24.3 Å². The van der Waals surface area contributed by atoms with Gasteiger partial charge in [-0.1, -0.05) is 18.2 Å². The van der Waals surface area contributed by atoms with Crippen molar-refractivity contribution in [2.24, 2.45) is 0 Å². The lowest BCUT2D eigenvalue weighted by Crippen LogP contribution is -2.42. The van der Waals surface area contributed by atoms with Gasteiger partial charge in [0.25, 0.3) is 11.6 Å². The summed E-state index contributed by atoms with van der Waals surface area (Å²) in [7, 11) is 0. The number of halogens is 3. The van der Waals surface area contributed by atoms with Gasteiger partial charge in [0.15, 0.2) is 0 Å². The number of nitro groups is 1. The van der Waals surface area contributed by atoms with Crippen LogP contribution in [-0.4, -0.2) is 27.9 Å². The Kier molecular flexibility index (Phi) is 5.78. The summed E-state index contributed by atoms with van der Waals surface area (Å²) in [5.41, 5.74) is -1.32. The van der Waals surface area contributed by atoms with Gasteiger partial charge < -0.3 is 10.4 Å². The minimum atomic E-state index is -4.56. The van der Waals surface area contributed by atoms with Crippen LogP contribution in [0.3, 0.4) is 0 Å². The van der Waals surface area contributed by atoms with Crippen molar-refractivity contribution in [3.8, 4) is 0 Å². The summed E-state index contributed by atoms with van der Waals surface area (Å²) in [5, 5.41) is 22.4. The average Bonchev–Trinajstić information content (AvgIpc) is 2.60. The zero-order chi connectivity index (χ0) is 20.2. The molecule has 0 aromatic heterocycles. The fourth-order valence-electron chi connectivity index (χ4n) is 2.33. The van der Waals surface area contributed by atoms with Crippen LogP contribution < -0.4 is 5.32 Å². The number of carboxylic acids is 1. The van der Waals surface area contributed by atoms with Crippen molar-refractivity contribution in [1.82, 2.24) is 5.32 Å². The number of aliphatic carboxylic acids is 1. The largest absolute Gasteiger partial charge is 0.480 e. The third kappa shape index (κ3) is 5.03. The predicted molar refractivity (Wildman–Crippen MR) is 87.1 cm³/mol. The number of nitrogens with one attached hydrogen (secondary N) is 1. The molecular formula is C17H13F3N2O5. The lowest BCUT2D eigenvalue weighted by atomic mass is 10.0. The van der Waals surface area contributed by atoms with Gasteiger partial charge in [-0.15, -0.1) is 0 Å². The van der Waals surface area contributed by atoms with Crippen LogP contribution in [0.2, 0.25) is 0 Å². The first kappa shape index (κ1) is 19.9. The van der Waals surface area contributed by atoms with E-state index in [1.54, 1.807) is 0 Å². The number of amides is 1. The number of hydrogen-bond donors (Lipinski definition) is 2. The van der Waals surface area contributed by atoms with Crippen LogP contribution in [0.1, 0.15) is 21.5 Å². The predicted octanol–water partition coefficient (Wildman–Crippen LogP) is 3.04. The fourth-order valence-corrected chi connectivity index (χ4v) is 2.33. The first-order valence-electron chi connectivity index (χ1n) is 7.53. The summed E-state index contributed by atoms with van der Waals surface area (Å²) < 4.78 is 37.6. The third-order valence-electron chi connectivity index (χ3n) is 3.69. The van der Waals surface area contributed by atoms with Gasteiger partial charge in [-0.3, -0.25) is 14.9 Å². The number of nitro benzene ring substituents is 1. The molecule has 7 nitrogen and oxygen atoms in total. The maximum Gasteiger partial charge on any atom is 0.416 e. The van der Waals surface area contributed by atoms with E-state index < -0.39 is 34.6 Å². The molecular weight excluding hydrogens is 369 g/mol. The van der Waals surface area contributed by atoms with Gasteiger partial charge >= 0.3 is 12.1 Å². The molecule has 2 aromatic rings. The van der Waals surface area contributed by atoms with Gasteiger partial charge in [0.2, 0.25) is 0 Å². The molecule has 0 radical (unpaired) electrons. The van der Waals surface area contributed by atoms with E-state index in [0.717, 1.165) is 12.1 Å². The molecule has 10 heteroatoms. The molecule has 0 unspecified atom stereocenters. The van der Waals surface area contributed by atoms with Crippen LogP contribution in [0.4, 0.5) is 18.9 Å². The number of alkyl halides is 3. The Labute approximate surface area is 150 Å². The molecule has 27 heavy (non-hydrogen) atoms. The van der Waals surface area contributed by atoms with Crippen molar-refractivity contribution in [3.05, 3.63) is 75.3 Å². The lowest BCUT2D eigenvalue weighted by molar-refractivity contribution is -0.385. The number of rotatable bonds is 6. The van der Waals surface area contributed by atoms with Gasteiger partial charge in [-0.2, -0.15) is 13.2 Å². The second-order valence-electron chi connectivity index (χ2n) is 5.53. The highest BCUT2D eigenvalue weighted by Gasteiger charge is 2.30. The van der Waals surface area contributed by atoms with Crippen molar-refractivity contribution in [2.45, 2.75) is 18.6 Å². The molecule has 0 bridgehead atoms. The van der Waals surface area contributed by atoms with Crippen LogP contribution >= 0.6 is 0 Å². The number of carboxylic acid groups (broad SMARTS) is 1. The Hall–Kier alpha value is -3.43. The van der Waals surface area contributed by atoms with Crippen molar-refractivity contribution >= 4 is 17.6 Å². The van der Waals surface area contributed by atoms with Gasteiger partial charge in [0.1, 0.15) is 6.04 Å². The summed E-state index contributed by atoms with van der Waals surface area (Å²) in [6.45, 7) is 0. The van der Waals surface area contributed by atoms with E-state index in [-0.39, 0.29) is 23.2 Å². The molecule has 0 aliphatic rings. The van der Waals surface area contributed by atoms with Crippen molar-refractivity contribution < 1.29 is 32.8 Å². The van der Waals surface area contributed by atoms with Crippen molar-refractivity contribution in [2.75, 3.05) is 0 Å². The smallest absolute Gasteiger partial charge is 0.416 e. The highest BCUT2D eigenvalue weighted by Crippen LogP contribution is 2.29. The van der Waals surface area contributed by atoms with Crippen molar-refractivity contribution in [3.63, 3.8) is 0 Å². The van der Waals surface area contributed by atoms with E-state index in [9.17, 15) is 38.0 Å². The molecule has 0 saturated carbocycles. The normalized spacial score (nSPS) is 12.3. The number of hydrogen-bond acceptors (Lipinski definition) is 4. The maximum atomic E-state index is 12.5. The van der Waals surface area contributed by atoms with Crippen LogP contribution in [0.15, 0.2) is 48.5 Å². The third-order valence-corrected chi connectivity index (χ3v) is 3.69. The first-order valence-corrected chi connectivity index (χ1v) is 7.53. The molecule has 0 aliphatic heterocycles. The summed E-state index contributed by atoms with van der Waals surface area (Å²) >= 11 is 0. The molecule has 0 aliphatic carbocycles. The zero-order valence-electron chi connectivity index (χ0n) is 13.6. The quantitative estimate of drug-likeness (QED) is 0.590. The molecule has 2 rings (SSSR count). The molecule has 1 atom stereocenters. The number of carbonyl (C=O) groups is 2. The van der Waals surface area contributed by atoms with E-state index in [1.165, 1.54) is 24.3 Å². The van der Waals surface area contributed by atoms with E-state index in [4.69, 9.17) is 0 Å². The molecule has 2 aromatic carbocycles. The number of benzene rings is 2. The molecule has 0 fully saturated rings. The van der Waals surface area contributed by atoms with E-state index >= 15 is 0 Å². The Bertz CT molecular complexity index is 866. The van der Waals surface area contributed by atoms with Crippen LogP contribution in [0.25, 0.3) is 0 Å². The topological polar surface area (TPSA) is 110 Å². The molecule has 1 amide bonds.